The number of nitrogens with zero attached hydrogens (tertiary/aromatic N) is 2. The van der Waals surface area contributed by atoms with Crippen LogP contribution in [-0.2, 0) is 6.54 Å². The molecule has 1 rings (SSSR count). The van der Waals surface area contributed by atoms with Crippen molar-refractivity contribution in [3.05, 3.63) is 28.2 Å². The highest BCUT2D eigenvalue weighted by atomic mass is 16.2. The molecule has 5 heteroatoms. The molecule has 18 heavy (non-hydrogen) atoms. The Hall–Kier alpha value is -1.65. The fraction of sp³-hybridized carbons (Fsp3) is 0.615. The quantitative estimate of drug-likeness (QED) is 0.861. The Morgan fingerprint density at radius 2 is 2.06 bits per heavy atom. The van der Waals surface area contributed by atoms with Crippen molar-refractivity contribution in [1.29, 1.82) is 0 Å². The van der Waals surface area contributed by atoms with Crippen LogP contribution in [0.1, 0.15) is 44.6 Å². The average Bonchev–Trinajstić information content (AvgIpc) is 2.31. The molecule has 100 valence electrons. The molecule has 1 N–H and O–H groups in total. The normalized spacial score (nSPS) is 12.5. The van der Waals surface area contributed by atoms with E-state index >= 15 is 0 Å². The topological polar surface area (TPSA) is 64.0 Å². The Labute approximate surface area is 107 Å². The molecular weight excluding hydrogens is 230 g/mol. The SMILES string of the molecule is CCC(C)NC(=O)c1ccc(=O)n(CC(C)C)n1. The molecule has 1 unspecified atom stereocenters. The molecule has 5 nitrogen and oxygen atoms in total. The van der Waals surface area contributed by atoms with Gasteiger partial charge in [-0.05, 0) is 25.3 Å². The molecule has 1 aromatic heterocycles. The van der Waals surface area contributed by atoms with Gasteiger partial charge in [-0.3, -0.25) is 9.59 Å². The molecule has 0 spiro atoms. The van der Waals surface area contributed by atoms with Gasteiger partial charge in [-0.2, -0.15) is 5.10 Å². The van der Waals surface area contributed by atoms with Gasteiger partial charge in [-0.25, -0.2) is 4.68 Å². The molecule has 1 aromatic rings. The first kappa shape index (κ1) is 14.4. The average molecular weight is 251 g/mol. The molecule has 1 atom stereocenters. The molecule has 0 radical (unpaired) electrons. The highest BCUT2D eigenvalue weighted by Crippen LogP contribution is 1.98. The fourth-order valence-corrected chi connectivity index (χ4v) is 1.45. The van der Waals surface area contributed by atoms with Crippen molar-refractivity contribution < 1.29 is 4.79 Å². The van der Waals surface area contributed by atoms with Crippen molar-refractivity contribution in [3.63, 3.8) is 0 Å². The molecule has 0 saturated heterocycles. The van der Waals surface area contributed by atoms with Crippen LogP contribution in [0.4, 0.5) is 0 Å². The number of nitrogens with one attached hydrogen (secondary N) is 1. The maximum Gasteiger partial charge on any atom is 0.271 e. The van der Waals surface area contributed by atoms with E-state index in [2.05, 4.69) is 10.4 Å². The van der Waals surface area contributed by atoms with Crippen LogP contribution in [0.2, 0.25) is 0 Å². The van der Waals surface area contributed by atoms with Gasteiger partial charge in [-0.15, -0.1) is 0 Å². The van der Waals surface area contributed by atoms with Gasteiger partial charge in [-0.1, -0.05) is 20.8 Å². The number of carbonyl (C=O) groups is 1. The maximum atomic E-state index is 11.9. The highest BCUT2D eigenvalue weighted by molar-refractivity contribution is 5.92. The summed E-state index contributed by atoms with van der Waals surface area (Å²) in [5.74, 6) is 0.0740. The van der Waals surface area contributed by atoms with Crippen LogP contribution in [0.15, 0.2) is 16.9 Å². The Balaban J connectivity index is 2.90. The van der Waals surface area contributed by atoms with E-state index in [0.29, 0.717) is 12.5 Å². The second-order valence-corrected chi connectivity index (χ2v) is 4.92. The predicted molar refractivity (Wildman–Crippen MR) is 70.6 cm³/mol. The van der Waals surface area contributed by atoms with Crippen LogP contribution in [0.5, 0.6) is 0 Å². The van der Waals surface area contributed by atoms with Gasteiger partial charge in [0.05, 0.1) is 0 Å². The molecule has 0 saturated carbocycles. The highest BCUT2D eigenvalue weighted by Gasteiger charge is 2.12. The number of hydrogen-bond acceptors (Lipinski definition) is 3. The molecule has 0 aliphatic carbocycles. The Morgan fingerprint density at radius 1 is 1.39 bits per heavy atom. The summed E-state index contributed by atoms with van der Waals surface area (Å²) >= 11 is 0. The van der Waals surface area contributed by atoms with E-state index in [1.165, 1.54) is 16.8 Å². The van der Waals surface area contributed by atoms with Crippen LogP contribution in [-0.4, -0.2) is 21.7 Å². The number of amides is 1. The summed E-state index contributed by atoms with van der Waals surface area (Å²) in [6, 6.07) is 2.96. The van der Waals surface area contributed by atoms with Crippen molar-refractivity contribution in [1.82, 2.24) is 15.1 Å². The Kier molecular flexibility index (Phi) is 5.07. The van der Waals surface area contributed by atoms with Gasteiger partial charge >= 0.3 is 0 Å². The smallest absolute Gasteiger partial charge is 0.271 e. The zero-order valence-electron chi connectivity index (χ0n) is 11.4. The van der Waals surface area contributed by atoms with E-state index in [4.69, 9.17) is 0 Å². The first-order valence-electron chi connectivity index (χ1n) is 6.33. The van der Waals surface area contributed by atoms with Gasteiger partial charge in [0.1, 0.15) is 5.69 Å². The van der Waals surface area contributed by atoms with E-state index in [1.54, 1.807) is 0 Å². The minimum absolute atomic E-state index is 0.102. The van der Waals surface area contributed by atoms with Crippen molar-refractivity contribution in [2.75, 3.05) is 0 Å². The molecule has 0 fully saturated rings. The summed E-state index contributed by atoms with van der Waals surface area (Å²) in [5.41, 5.74) is 0.110. The van der Waals surface area contributed by atoms with E-state index in [1.807, 2.05) is 27.7 Å². The molecule has 1 heterocycles. The number of aromatic nitrogens is 2. The van der Waals surface area contributed by atoms with Crippen LogP contribution >= 0.6 is 0 Å². The summed E-state index contributed by atoms with van der Waals surface area (Å²) in [6.45, 7) is 8.45. The summed E-state index contributed by atoms with van der Waals surface area (Å²) in [6.07, 6.45) is 0.859. The van der Waals surface area contributed by atoms with Crippen molar-refractivity contribution in [2.45, 2.75) is 46.7 Å². The van der Waals surface area contributed by atoms with Gasteiger partial charge in [0, 0.05) is 18.7 Å². The summed E-state index contributed by atoms with van der Waals surface area (Å²) in [4.78, 5) is 23.5. The third-order valence-corrected chi connectivity index (χ3v) is 2.63. The number of hydrogen-bond donors (Lipinski definition) is 1. The van der Waals surface area contributed by atoms with Gasteiger partial charge < -0.3 is 5.32 Å². The Bertz CT molecular complexity index is 466. The van der Waals surface area contributed by atoms with E-state index in [9.17, 15) is 9.59 Å². The minimum Gasteiger partial charge on any atom is -0.348 e. The zero-order chi connectivity index (χ0) is 13.7. The number of rotatable bonds is 5. The van der Waals surface area contributed by atoms with E-state index in [0.717, 1.165) is 6.42 Å². The summed E-state index contributed by atoms with van der Waals surface area (Å²) in [5, 5.41) is 6.92. The third kappa shape index (κ3) is 3.98. The van der Waals surface area contributed by atoms with Gasteiger partial charge in [0.15, 0.2) is 0 Å². The monoisotopic (exact) mass is 251 g/mol. The molecule has 0 bridgehead atoms. The lowest BCUT2D eigenvalue weighted by molar-refractivity contribution is 0.0931. The van der Waals surface area contributed by atoms with Crippen molar-refractivity contribution in [2.24, 2.45) is 5.92 Å². The predicted octanol–water partition coefficient (Wildman–Crippen LogP) is 1.43. The van der Waals surface area contributed by atoms with Crippen LogP contribution in [0, 0.1) is 5.92 Å². The van der Waals surface area contributed by atoms with Crippen LogP contribution in [0.25, 0.3) is 0 Å². The van der Waals surface area contributed by atoms with E-state index in [-0.39, 0.29) is 23.2 Å². The van der Waals surface area contributed by atoms with Gasteiger partial charge in [0.25, 0.3) is 11.5 Å². The third-order valence-electron chi connectivity index (χ3n) is 2.63. The molecule has 0 aromatic carbocycles. The molecular formula is C13H21N3O2. The number of carbonyl (C=O) groups excluding carboxylic acids is 1. The zero-order valence-corrected chi connectivity index (χ0v) is 11.4. The van der Waals surface area contributed by atoms with Gasteiger partial charge in [0.2, 0.25) is 0 Å². The Morgan fingerprint density at radius 3 is 2.61 bits per heavy atom. The largest absolute Gasteiger partial charge is 0.348 e. The molecule has 0 aliphatic heterocycles. The second kappa shape index (κ2) is 6.33. The maximum absolute atomic E-state index is 11.9. The van der Waals surface area contributed by atoms with Crippen LogP contribution < -0.4 is 10.9 Å². The molecule has 1 amide bonds. The summed E-state index contributed by atoms with van der Waals surface area (Å²) in [7, 11) is 0. The lowest BCUT2D eigenvalue weighted by Gasteiger charge is -2.12. The van der Waals surface area contributed by atoms with Crippen LogP contribution in [0.3, 0.4) is 0 Å². The molecule has 0 aliphatic rings. The lowest BCUT2D eigenvalue weighted by Crippen LogP contribution is -2.35. The lowest BCUT2D eigenvalue weighted by atomic mass is 10.2. The second-order valence-electron chi connectivity index (χ2n) is 4.92. The van der Waals surface area contributed by atoms with Crippen molar-refractivity contribution >= 4 is 5.91 Å². The first-order chi connectivity index (χ1) is 8.43. The van der Waals surface area contributed by atoms with Crippen molar-refractivity contribution in [3.8, 4) is 0 Å². The summed E-state index contributed by atoms with van der Waals surface area (Å²) < 4.78 is 1.34. The fourth-order valence-electron chi connectivity index (χ4n) is 1.45. The van der Waals surface area contributed by atoms with E-state index < -0.39 is 0 Å². The minimum atomic E-state index is -0.234. The first-order valence-corrected chi connectivity index (χ1v) is 6.33. The standard InChI is InChI=1S/C13H21N3O2/c1-5-10(4)14-13(18)11-6-7-12(17)16(15-11)8-9(2)3/h6-7,9-10H,5,8H2,1-4H3,(H,14,18).